The Morgan fingerprint density at radius 1 is 1.26 bits per heavy atom. The molecule has 1 rings (SSSR count). The first-order chi connectivity index (χ1) is 8.88. The van der Waals surface area contributed by atoms with Crippen LogP contribution in [0.4, 0.5) is 5.69 Å². The number of carbonyl (C=O) groups excluding carboxylic acids is 1. The smallest absolute Gasteiger partial charge is 0.329 e. The first kappa shape index (κ1) is 15.3. The average molecular weight is 265 g/mol. The average Bonchev–Trinajstić information content (AvgIpc) is 2.35. The van der Waals surface area contributed by atoms with Gasteiger partial charge in [-0.05, 0) is 36.6 Å². The van der Waals surface area contributed by atoms with Crippen molar-refractivity contribution < 1.29 is 14.3 Å². The van der Waals surface area contributed by atoms with Gasteiger partial charge in [-0.25, -0.2) is 4.79 Å². The second-order valence-electron chi connectivity index (χ2n) is 5.42. The molecule has 0 aromatic heterocycles. The number of hydrogen-bond donors (Lipinski definition) is 1. The van der Waals surface area contributed by atoms with Gasteiger partial charge in [0.2, 0.25) is 0 Å². The molecule has 0 amide bonds. The van der Waals surface area contributed by atoms with Crippen molar-refractivity contribution in [3.05, 3.63) is 24.3 Å². The minimum atomic E-state index is -0.388. The summed E-state index contributed by atoms with van der Waals surface area (Å²) < 4.78 is 10.2. The van der Waals surface area contributed by atoms with Crippen molar-refractivity contribution in [2.45, 2.75) is 33.7 Å². The molecule has 0 spiro atoms. The van der Waals surface area contributed by atoms with Gasteiger partial charge in [0, 0.05) is 5.69 Å². The van der Waals surface area contributed by atoms with Crippen molar-refractivity contribution in [2.24, 2.45) is 5.41 Å². The zero-order valence-corrected chi connectivity index (χ0v) is 12.3. The Balaban J connectivity index is 2.84. The van der Waals surface area contributed by atoms with Crippen LogP contribution in [0.3, 0.4) is 0 Å². The highest BCUT2D eigenvalue weighted by Crippen LogP contribution is 2.25. The van der Waals surface area contributed by atoms with Crippen LogP contribution in [0.5, 0.6) is 5.75 Å². The van der Waals surface area contributed by atoms with Crippen LogP contribution in [-0.2, 0) is 9.53 Å². The van der Waals surface area contributed by atoms with Gasteiger partial charge in [-0.3, -0.25) is 0 Å². The van der Waals surface area contributed by atoms with Crippen molar-refractivity contribution >= 4 is 11.7 Å². The van der Waals surface area contributed by atoms with E-state index in [0.29, 0.717) is 6.61 Å². The van der Waals surface area contributed by atoms with E-state index in [4.69, 9.17) is 9.47 Å². The lowest BCUT2D eigenvalue weighted by Crippen LogP contribution is -2.42. The van der Waals surface area contributed by atoms with Crippen LogP contribution in [0.15, 0.2) is 24.3 Å². The Kier molecular flexibility index (Phi) is 5.21. The van der Waals surface area contributed by atoms with Crippen LogP contribution in [0.2, 0.25) is 0 Å². The molecule has 1 atom stereocenters. The molecule has 0 saturated carbocycles. The Morgan fingerprint density at radius 2 is 1.84 bits per heavy atom. The fourth-order valence-electron chi connectivity index (χ4n) is 1.71. The van der Waals surface area contributed by atoms with E-state index in [9.17, 15) is 4.79 Å². The molecule has 0 radical (unpaired) electrons. The molecule has 0 aliphatic rings. The molecule has 1 aromatic carbocycles. The summed E-state index contributed by atoms with van der Waals surface area (Å²) in [5.74, 6) is 0.555. The number of esters is 1. The highest BCUT2D eigenvalue weighted by atomic mass is 16.5. The molecule has 0 heterocycles. The molecule has 0 bridgehead atoms. The summed E-state index contributed by atoms with van der Waals surface area (Å²) >= 11 is 0. The molecular weight excluding hydrogens is 242 g/mol. The third-order valence-electron chi connectivity index (χ3n) is 2.79. The Labute approximate surface area is 115 Å². The minimum Gasteiger partial charge on any atom is -0.497 e. The number of methoxy groups -OCH3 is 1. The van der Waals surface area contributed by atoms with E-state index < -0.39 is 0 Å². The minimum absolute atomic E-state index is 0.230. The number of rotatable bonds is 5. The first-order valence-electron chi connectivity index (χ1n) is 6.45. The molecule has 0 aliphatic carbocycles. The topological polar surface area (TPSA) is 47.6 Å². The molecule has 1 aromatic rings. The zero-order chi connectivity index (χ0) is 14.5. The summed E-state index contributed by atoms with van der Waals surface area (Å²) in [6.45, 7) is 8.21. The van der Waals surface area contributed by atoms with Crippen molar-refractivity contribution in [1.29, 1.82) is 0 Å². The fourth-order valence-corrected chi connectivity index (χ4v) is 1.71. The standard InChI is InChI=1S/C15H23NO3/c1-6-19-14(17)13(15(2,3)4)16-11-7-9-12(18-5)10-8-11/h7-10,13,16H,6H2,1-5H3. The lowest BCUT2D eigenvalue weighted by atomic mass is 9.86. The molecule has 0 aliphatic heterocycles. The van der Waals surface area contributed by atoms with E-state index in [0.717, 1.165) is 11.4 Å². The van der Waals surface area contributed by atoms with E-state index >= 15 is 0 Å². The largest absolute Gasteiger partial charge is 0.497 e. The lowest BCUT2D eigenvalue weighted by Gasteiger charge is -2.30. The number of anilines is 1. The molecule has 4 heteroatoms. The summed E-state index contributed by atoms with van der Waals surface area (Å²) in [6.07, 6.45) is 0. The van der Waals surface area contributed by atoms with Gasteiger partial charge in [-0.1, -0.05) is 20.8 Å². The van der Waals surface area contributed by atoms with Crippen LogP contribution in [0.25, 0.3) is 0 Å². The Morgan fingerprint density at radius 3 is 2.26 bits per heavy atom. The quantitative estimate of drug-likeness (QED) is 0.831. The van der Waals surface area contributed by atoms with Crippen LogP contribution < -0.4 is 10.1 Å². The molecule has 106 valence electrons. The highest BCUT2D eigenvalue weighted by Gasteiger charge is 2.32. The van der Waals surface area contributed by atoms with E-state index in [1.165, 1.54) is 0 Å². The summed E-state index contributed by atoms with van der Waals surface area (Å²) in [6, 6.07) is 7.09. The molecule has 1 unspecified atom stereocenters. The van der Waals surface area contributed by atoms with E-state index in [1.54, 1.807) is 7.11 Å². The highest BCUT2D eigenvalue weighted by molar-refractivity contribution is 5.80. The Hall–Kier alpha value is -1.71. The number of benzene rings is 1. The zero-order valence-electron chi connectivity index (χ0n) is 12.3. The summed E-state index contributed by atoms with van der Waals surface area (Å²) in [5, 5.41) is 3.22. The van der Waals surface area contributed by atoms with E-state index in [-0.39, 0.29) is 17.4 Å². The van der Waals surface area contributed by atoms with E-state index in [2.05, 4.69) is 5.32 Å². The summed E-state index contributed by atoms with van der Waals surface area (Å²) in [5.41, 5.74) is 0.639. The molecule has 1 N–H and O–H groups in total. The summed E-state index contributed by atoms with van der Waals surface area (Å²) in [4.78, 5) is 12.0. The van der Waals surface area contributed by atoms with Gasteiger partial charge >= 0.3 is 5.97 Å². The summed E-state index contributed by atoms with van der Waals surface area (Å²) in [7, 11) is 1.62. The normalized spacial score (nSPS) is 12.7. The van der Waals surface area contributed by atoms with Crippen molar-refractivity contribution in [1.82, 2.24) is 0 Å². The molecule has 0 fully saturated rings. The van der Waals surface area contributed by atoms with Gasteiger partial charge in [-0.2, -0.15) is 0 Å². The molecular formula is C15H23NO3. The van der Waals surface area contributed by atoms with Crippen molar-refractivity contribution in [3.63, 3.8) is 0 Å². The second kappa shape index (κ2) is 6.45. The number of ether oxygens (including phenoxy) is 2. The van der Waals surface area contributed by atoms with Gasteiger partial charge < -0.3 is 14.8 Å². The van der Waals surface area contributed by atoms with Crippen molar-refractivity contribution in [2.75, 3.05) is 19.0 Å². The van der Waals surface area contributed by atoms with Gasteiger partial charge in [0.15, 0.2) is 0 Å². The van der Waals surface area contributed by atoms with Crippen LogP contribution in [0, 0.1) is 5.41 Å². The Bertz CT molecular complexity index is 406. The van der Waals surface area contributed by atoms with Crippen molar-refractivity contribution in [3.8, 4) is 5.75 Å². The monoisotopic (exact) mass is 265 g/mol. The maximum Gasteiger partial charge on any atom is 0.329 e. The predicted molar refractivity (Wildman–Crippen MR) is 76.5 cm³/mol. The number of carbonyl (C=O) groups is 1. The SMILES string of the molecule is CCOC(=O)C(Nc1ccc(OC)cc1)C(C)(C)C. The fraction of sp³-hybridized carbons (Fsp3) is 0.533. The van der Waals surface area contributed by atoms with Gasteiger partial charge in [0.25, 0.3) is 0 Å². The molecule has 0 saturated heterocycles. The van der Waals surface area contributed by atoms with Gasteiger partial charge in [0.05, 0.1) is 13.7 Å². The molecule has 19 heavy (non-hydrogen) atoms. The maximum absolute atomic E-state index is 12.0. The number of nitrogens with one attached hydrogen (secondary N) is 1. The molecule has 4 nitrogen and oxygen atoms in total. The van der Waals surface area contributed by atoms with Gasteiger partial charge in [-0.15, -0.1) is 0 Å². The lowest BCUT2D eigenvalue weighted by molar-refractivity contribution is -0.146. The van der Waals surface area contributed by atoms with E-state index in [1.807, 2.05) is 52.0 Å². The third-order valence-corrected chi connectivity index (χ3v) is 2.79. The van der Waals surface area contributed by atoms with Crippen LogP contribution in [0.1, 0.15) is 27.7 Å². The maximum atomic E-state index is 12.0. The van der Waals surface area contributed by atoms with Gasteiger partial charge in [0.1, 0.15) is 11.8 Å². The van der Waals surface area contributed by atoms with Crippen LogP contribution in [-0.4, -0.2) is 25.7 Å². The second-order valence-corrected chi connectivity index (χ2v) is 5.42. The number of hydrogen-bond acceptors (Lipinski definition) is 4. The first-order valence-corrected chi connectivity index (χ1v) is 6.45. The predicted octanol–water partition coefficient (Wildman–Crippen LogP) is 3.08. The van der Waals surface area contributed by atoms with Crippen LogP contribution >= 0.6 is 0 Å². The third kappa shape index (κ3) is 4.47.